The van der Waals surface area contributed by atoms with E-state index in [4.69, 9.17) is 4.74 Å². The number of nitrogens with one attached hydrogen (secondary N) is 1. The molecule has 1 aliphatic rings. The van der Waals surface area contributed by atoms with Gasteiger partial charge >= 0.3 is 6.09 Å². The number of carbonyl (C=O) groups is 1. The average molecular weight is 144 g/mol. The number of carbonyl (C=O) groups excluding carboxylic acids is 1. The lowest BCUT2D eigenvalue weighted by atomic mass is 10.2. The molecule has 1 rings (SSSR count). The SMILES string of the molecule is CC(C)(C)OC(=O)N1CN1. The van der Waals surface area contributed by atoms with Crippen molar-refractivity contribution >= 4 is 6.09 Å². The third-order valence-electron chi connectivity index (χ3n) is 0.930. The van der Waals surface area contributed by atoms with Gasteiger partial charge in [-0.05, 0) is 20.8 Å². The van der Waals surface area contributed by atoms with Gasteiger partial charge in [-0.15, -0.1) is 0 Å². The van der Waals surface area contributed by atoms with Gasteiger partial charge < -0.3 is 4.74 Å². The van der Waals surface area contributed by atoms with Crippen molar-refractivity contribution in [3.8, 4) is 0 Å². The Kier molecular flexibility index (Phi) is 1.56. The van der Waals surface area contributed by atoms with E-state index in [1.807, 2.05) is 20.8 Å². The number of hydrazine groups is 1. The minimum Gasteiger partial charge on any atom is -0.443 e. The zero-order valence-corrected chi connectivity index (χ0v) is 6.47. The maximum absolute atomic E-state index is 10.9. The summed E-state index contributed by atoms with van der Waals surface area (Å²) >= 11 is 0. The first kappa shape index (κ1) is 7.34. The van der Waals surface area contributed by atoms with Crippen LogP contribution < -0.4 is 5.43 Å². The second kappa shape index (κ2) is 2.12. The van der Waals surface area contributed by atoms with Gasteiger partial charge in [-0.25, -0.2) is 15.2 Å². The third-order valence-corrected chi connectivity index (χ3v) is 0.930. The highest BCUT2D eigenvalue weighted by Crippen LogP contribution is 2.10. The molecule has 0 aromatic carbocycles. The van der Waals surface area contributed by atoms with Gasteiger partial charge in [-0.1, -0.05) is 0 Å². The molecule has 4 heteroatoms. The van der Waals surface area contributed by atoms with E-state index in [9.17, 15) is 4.79 Å². The predicted octanol–water partition coefficient (Wildman–Crippen LogP) is 0.699. The van der Waals surface area contributed by atoms with Crippen molar-refractivity contribution in [3.63, 3.8) is 0 Å². The van der Waals surface area contributed by atoms with E-state index in [0.717, 1.165) is 0 Å². The van der Waals surface area contributed by atoms with E-state index in [1.165, 1.54) is 5.01 Å². The highest BCUT2D eigenvalue weighted by Gasteiger charge is 2.28. The fraction of sp³-hybridized carbons (Fsp3) is 0.833. The van der Waals surface area contributed by atoms with Crippen molar-refractivity contribution in [2.75, 3.05) is 6.67 Å². The molecule has 0 saturated carbocycles. The number of ether oxygens (including phenoxy) is 1. The number of rotatable bonds is 0. The highest BCUT2D eigenvalue weighted by atomic mass is 16.6. The van der Waals surface area contributed by atoms with E-state index in [-0.39, 0.29) is 11.7 Å². The van der Waals surface area contributed by atoms with Gasteiger partial charge in [-0.2, -0.15) is 0 Å². The Morgan fingerprint density at radius 2 is 2.10 bits per heavy atom. The second-order valence-corrected chi connectivity index (χ2v) is 3.22. The van der Waals surface area contributed by atoms with Crippen LogP contribution >= 0.6 is 0 Å². The molecule has 0 atom stereocenters. The zero-order valence-electron chi connectivity index (χ0n) is 6.47. The largest absolute Gasteiger partial charge is 0.443 e. The number of nitrogens with zero attached hydrogens (tertiary/aromatic N) is 1. The maximum atomic E-state index is 10.9. The first-order chi connectivity index (χ1) is 4.49. The summed E-state index contributed by atoms with van der Waals surface area (Å²) in [6, 6.07) is 0. The molecule has 0 aromatic rings. The van der Waals surface area contributed by atoms with Crippen molar-refractivity contribution in [2.24, 2.45) is 0 Å². The van der Waals surface area contributed by atoms with Crippen molar-refractivity contribution < 1.29 is 9.53 Å². The minimum atomic E-state index is -0.388. The van der Waals surface area contributed by atoms with E-state index < -0.39 is 0 Å². The maximum Gasteiger partial charge on any atom is 0.426 e. The molecule has 1 heterocycles. The summed E-state index contributed by atoms with van der Waals surface area (Å²) < 4.78 is 4.99. The molecule has 0 aromatic heterocycles. The van der Waals surface area contributed by atoms with Gasteiger partial charge in [-0.3, -0.25) is 0 Å². The Morgan fingerprint density at radius 3 is 2.40 bits per heavy atom. The first-order valence-electron chi connectivity index (χ1n) is 3.23. The standard InChI is InChI=1S/C6H12N2O2/c1-6(2,3)10-5(9)8-4-7-8/h7H,4H2,1-3H3. The van der Waals surface area contributed by atoms with Crippen LogP contribution in [0.3, 0.4) is 0 Å². The highest BCUT2D eigenvalue weighted by molar-refractivity contribution is 5.69. The van der Waals surface area contributed by atoms with Crippen molar-refractivity contribution in [3.05, 3.63) is 0 Å². The van der Waals surface area contributed by atoms with Crippen molar-refractivity contribution in [1.29, 1.82) is 0 Å². The summed E-state index contributed by atoms with van der Waals surface area (Å²) in [7, 11) is 0. The molecule has 0 bridgehead atoms. The van der Waals surface area contributed by atoms with Crippen LogP contribution in [0.5, 0.6) is 0 Å². The lowest BCUT2D eigenvalue weighted by Gasteiger charge is -2.18. The Bertz CT molecular complexity index is 146. The van der Waals surface area contributed by atoms with E-state index >= 15 is 0 Å². The molecule has 10 heavy (non-hydrogen) atoms. The smallest absolute Gasteiger partial charge is 0.426 e. The topological polar surface area (TPSA) is 51.2 Å². The van der Waals surface area contributed by atoms with Crippen LogP contribution in [0, 0.1) is 0 Å². The summed E-state index contributed by atoms with van der Waals surface area (Å²) in [6.07, 6.45) is -0.299. The Morgan fingerprint density at radius 1 is 1.60 bits per heavy atom. The van der Waals surface area contributed by atoms with E-state index in [0.29, 0.717) is 6.67 Å². The fourth-order valence-corrected chi connectivity index (χ4v) is 0.481. The molecule has 4 nitrogen and oxygen atoms in total. The first-order valence-corrected chi connectivity index (χ1v) is 3.23. The molecule has 0 aliphatic carbocycles. The lowest BCUT2D eigenvalue weighted by Crippen LogP contribution is -2.27. The van der Waals surface area contributed by atoms with Crippen LogP contribution in [0.25, 0.3) is 0 Å². The Labute approximate surface area is 60.1 Å². The monoisotopic (exact) mass is 144 g/mol. The van der Waals surface area contributed by atoms with Crippen LogP contribution in [0.4, 0.5) is 4.79 Å². The van der Waals surface area contributed by atoms with Gasteiger partial charge in [0.2, 0.25) is 0 Å². The molecule has 1 saturated heterocycles. The second-order valence-electron chi connectivity index (χ2n) is 3.22. The number of amides is 1. The van der Waals surface area contributed by atoms with Crippen LogP contribution in [0.15, 0.2) is 0 Å². The molecule has 0 radical (unpaired) electrons. The quantitative estimate of drug-likeness (QED) is 0.509. The van der Waals surface area contributed by atoms with Gasteiger partial charge in [0.15, 0.2) is 0 Å². The van der Waals surface area contributed by atoms with Gasteiger partial charge in [0.1, 0.15) is 12.3 Å². The lowest BCUT2D eigenvalue weighted by molar-refractivity contribution is 0.0402. The molecular weight excluding hydrogens is 132 g/mol. The predicted molar refractivity (Wildman–Crippen MR) is 36.1 cm³/mol. The number of hydrogen-bond donors (Lipinski definition) is 1. The fourth-order valence-electron chi connectivity index (χ4n) is 0.481. The molecule has 1 aliphatic heterocycles. The molecule has 1 N–H and O–H groups in total. The van der Waals surface area contributed by atoms with Gasteiger partial charge in [0, 0.05) is 0 Å². The van der Waals surface area contributed by atoms with E-state index in [2.05, 4.69) is 5.43 Å². The molecule has 0 unspecified atom stereocenters. The Hall–Kier alpha value is -0.770. The van der Waals surface area contributed by atoms with Crippen LogP contribution in [-0.4, -0.2) is 23.4 Å². The Balaban J connectivity index is 2.30. The molecule has 1 amide bonds. The molecular formula is C6H12N2O2. The summed E-state index contributed by atoms with van der Waals surface area (Å²) in [6.45, 7) is 6.13. The van der Waals surface area contributed by atoms with Crippen LogP contribution in [0.1, 0.15) is 20.8 Å². The van der Waals surface area contributed by atoms with Gasteiger partial charge in [0.25, 0.3) is 0 Å². The van der Waals surface area contributed by atoms with Gasteiger partial charge in [0.05, 0.1) is 0 Å². The average Bonchev–Trinajstić information content (AvgIpc) is 2.35. The summed E-state index contributed by atoms with van der Waals surface area (Å²) in [5.74, 6) is 0. The normalized spacial score (nSPS) is 16.9. The van der Waals surface area contributed by atoms with E-state index in [1.54, 1.807) is 0 Å². The molecule has 1 fully saturated rings. The molecule has 0 spiro atoms. The third kappa shape index (κ3) is 2.23. The zero-order chi connectivity index (χ0) is 7.78. The van der Waals surface area contributed by atoms with Crippen LogP contribution in [0.2, 0.25) is 0 Å². The summed E-state index contributed by atoms with van der Waals surface area (Å²) in [5, 5.41) is 1.41. The summed E-state index contributed by atoms with van der Waals surface area (Å²) in [5.41, 5.74) is 2.33. The van der Waals surface area contributed by atoms with Crippen LogP contribution in [-0.2, 0) is 4.74 Å². The van der Waals surface area contributed by atoms with Crippen molar-refractivity contribution in [1.82, 2.24) is 10.4 Å². The van der Waals surface area contributed by atoms with Crippen molar-refractivity contribution in [2.45, 2.75) is 26.4 Å². The molecule has 58 valence electrons. The summed E-state index contributed by atoms with van der Waals surface area (Å²) in [4.78, 5) is 10.9. The minimum absolute atomic E-state index is 0.299. The number of hydrogen-bond acceptors (Lipinski definition) is 3.